The molecule has 2 aromatic heterocycles. The van der Waals surface area contributed by atoms with Gasteiger partial charge in [0.05, 0.1) is 36.3 Å². The Hall–Kier alpha value is -4.17. The zero-order valence-corrected chi connectivity index (χ0v) is 25.3. The van der Waals surface area contributed by atoms with Crippen molar-refractivity contribution in [3.8, 4) is 11.4 Å². The van der Waals surface area contributed by atoms with E-state index in [1.807, 2.05) is 48.7 Å². The monoisotopic (exact) mass is 567 g/mol. The van der Waals surface area contributed by atoms with E-state index in [2.05, 4.69) is 77.9 Å². The fourth-order valence-corrected chi connectivity index (χ4v) is 6.46. The number of methoxy groups -OCH3 is 1. The molecule has 1 saturated heterocycles. The summed E-state index contributed by atoms with van der Waals surface area (Å²) in [6, 6.07) is 19.8. The molecule has 1 aliphatic rings. The first kappa shape index (κ1) is 28.4. The summed E-state index contributed by atoms with van der Waals surface area (Å²) in [5.41, 5.74) is 9.97. The van der Waals surface area contributed by atoms with Crippen LogP contribution < -0.4 is 15.4 Å². The average molecular weight is 568 g/mol. The van der Waals surface area contributed by atoms with Gasteiger partial charge in [-0.2, -0.15) is 0 Å². The van der Waals surface area contributed by atoms with Crippen molar-refractivity contribution in [2.45, 2.75) is 53.1 Å². The molecule has 1 amide bonds. The number of hydrogen-bond donors (Lipinski definition) is 2. The van der Waals surface area contributed by atoms with Crippen LogP contribution in [-0.2, 0) is 4.79 Å². The lowest BCUT2D eigenvalue weighted by Gasteiger charge is -2.28. The smallest absolute Gasteiger partial charge is 0.226 e. The number of ether oxygens (including phenoxy) is 1. The molecule has 0 saturated carbocycles. The standard InChI is InChI=1S/C33H37N5O2S/c1-20-17-21(2)31(22(3)18-20)38-23(4)19-25(24(38)5)32-30(27-12-9-10-15-34-27)36-33(41)37(32)16-14-29(39)35-26-11-7-8-13-28(26)40-6/h7-13,15,17-19,30,32H,14,16H2,1-6H3,(H,35,39)(H,36,41)/t30-,32-/m0/s1. The normalized spacial score (nSPS) is 16.5. The first-order valence-corrected chi connectivity index (χ1v) is 14.3. The minimum Gasteiger partial charge on any atom is -0.495 e. The highest BCUT2D eigenvalue weighted by molar-refractivity contribution is 7.80. The Morgan fingerprint density at radius 1 is 1.02 bits per heavy atom. The molecule has 8 heteroatoms. The average Bonchev–Trinajstić information content (AvgIpc) is 3.42. The number of benzene rings is 2. The number of aryl methyl sites for hydroxylation is 4. The maximum absolute atomic E-state index is 13.1. The summed E-state index contributed by atoms with van der Waals surface area (Å²) in [7, 11) is 1.59. The molecule has 2 aromatic carbocycles. The lowest BCUT2D eigenvalue weighted by molar-refractivity contribution is -0.116. The minimum absolute atomic E-state index is 0.103. The zero-order valence-electron chi connectivity index (χ0n) is 24.5. The number of pyridine rings is 1. The third kappa shape index (κ3) is 5.57. The van der Waals surface area contributed by atoms with Crippen LogP contribution >= 0.6 is 12.2 Å². The Morgan fingerprint density at radius 2 is 1.73 bits per heavy atom. The maximum atomic E-state index is 13.1. The topological polar surface area (TPSA) is 71.4 Å². The van der Waals surface area contributed by atoms with Crippen LogP contribution in [0.3, 0.4) is 0 Å². The number of amides is 1. The van der Waals surface area contributed by atoms with Crippen LogP contribution in [0.1, 0.15) is 57.8 Å². The van der Waals surface area contributed by atoms with Gasteiger partial charge in [0.1, 0.15) is 5.75 Å². The molecule has 3 heterocycles. The molecular formula is C33H37N5O2S. The van der Waals surface area contributed by atoms with Crippen LogP contribution in [0.5, 0.6) is 5.75 Å². The molecule has 0 bridgehead atoms. The number of hydrogen-bond acceptors (Lipinski definition) is 4. The molecule has 0 aliphatic carbocycles. The molecule has 2 atom stereocenters. The van der Waals surface area contributed by atoms with E-state index in [0.29, 0.717) is 23.1 Å². The van der Waals surface area contributed by atoms with Crippen molar-refractivity contribution in [1.29, 1.82) is 0 Å². The molecule has 41 heavy (non-hydrogen) atoms. The van der Waals surface area contributed by atoms with Crippen LogP contribution in [0.15, 0.2) is 66.9 Å². The summed E-state index contributed by atoms with van der Waals surface area (Å²) in [6.07, 6.45) is 2.07. The van der Waals surface area contributed by atoms with Gasteiger partial charge in [-0.3, -0.25) is 9.78 Å². The lowest BCUT2D eigenvalue weighted by Crippen LogP contribution is -2.33. The quantitative estimate of drug-likeness (QED) is 0.239. The molecule has 2 N–H and O–H groups in total. The number of anilines is 1. The van der Waals surface area contributed by atoms with Gasteiger partial charge in [0, 0.05) is 30.6 Å². The zero-order chi connectivity index (χ0) is 29.3. The molecule has 5 rings (SSSR count). The summed E-state index contributed by atoms with van der Waals surface area (Å²) in [4.78, 5) is 19.9. The van der Waals surface area contributed by atoms with Crippen molar-refractivity contribution in [2.75, 3.05) is 19.0 Å². The summed E-state index contributed by atoms with van der Waals surface area (Å²) in [5, 5.41) is 7.12. The Labute approximate surface area is 247 Å². The number of thiocarbonyl (C=S) groups is 1. The van der Waals surface area contributed by atoms with Crippen LogP contribution in [0.25, 0.3) is 5.69 Å². The van der Waals surface area contributed by atoms with Crippen molar-refractivity contribution in [3.05, 3.63) is 106 Å². The number of rotatable bonds is 8. The Kier molecular flexibility index (Phi) is 8.13. The van der Waals surface area contributed by atoms with E-state index in [4.69, 9.17) is 17.0 Å². The van der Waals surface area contributed by atoms with E-state index in [1.54, 1.807) is 7.11 Å². The minimum atomic E-state index is -0.157. The highest BCUT2D eigenvalue weighted by atomic mass is 32.1. The third-order valence-corrected chi connectivity index (χ3v) is 8.16. The summed E-state index contributed by atoms with van der Waals surface area (Å²) in [6.45, 7) is 11.2. The van der Waals surface area contributed by atoms with E-state index in [0.717, 1.165) is 22.6 Å². The predicted octanol–water partition coefficient (Wildman–Crippen LogP) is 6.42. The van der Waals surface area contributed by atoms with Crippen LogP contribution in [-0.4, -0.2) is 39.1 Å². The Bertz CT molecular complexity index is 1570. The number of nitrogens with zero attached hydrogens (tertiary/aromatic N) is 3. The van der Waals surface area contributed by atoms with Crippen molar-refractivity contribution in [3.63, 3.8) is 0 Å². The summed E-state index contributed by atoms with van der Waals surface area (Å²) >= 11 is 5.88. The molecule has 0 radical (unpaired) electrons. The summed E-state index contributed by atoms with van der Waals surface area (Å²) in [5.74, 6) is 0.523. The first-order chi connectivity index (χ1) is 19.7. The fraction of sp³-hybridized carbons (Fsp3) is 0.303. The number of carbonyl (C=O) groups excluding carboxylic acids is 1. The van der Waals surface area contributed by atoms with Gasteiger partial charge in [-0.15, -0.1) is 0 Å². The maximum Gasteiger partial charge on any atom is 0.226 e. The van der Waals surface area contributed by atoms with Crippen LogP contribution in [0.4, 0.5) is 5.69 Å². The highest BCUT2D eigenvalue weighted by Gasteiger charge is 2.41. The lowest BCUT2D eigenvalue weighted by atomic mass is 9.96. The number of aromatic nitrogens is 2. The second kappa shape index (κ2) is 11.7. The SMILES string of the molecule is COc1ccccc1NC(=O)CCN1C(=S)N[C@@H](c2ccccn2)[C@@H]1c1cc(C)n(-c2c(C)cc(C)cc2C)c1C. The second-order valence-corrected chi connectivity index (χ2v) is 11.1. The Morgan fingerprint density at radius 3 is 2.41 bits per heavy atom. The highest BCUT2D eigenvalue weighted by Crippen LogP contribution is 2.42. The molecule has 1 fully saturated rings. The van der Waals surface area contributed by atoms with Gasteiger partial charge in [0.25, 0.3) is 0 Å². The van der Waals surface area contributed by atoms with E-state index >= 15 is 0 Å². The fourth-order valence-electron chi connectivity index (χ4n) is 6.12. The van der Waals surface area contributed by atoms with Crippen molar-refractivity contribution in [2.24, 2.45) is 0 Å². The van der Waals surface area contributed by atoms with Crippen molar-refractivity contribution >= 4 is 28.9 Å². The van der Waals surface area contributed by atoms with Gasteiger partial charge in [-0.05, 0) is 93.9 Å². The third-order valence-electron chi connectivity index (χ3n) is 7.81. The van der Waals surface area contributed by atoms with Gasteiger partial charge >= 0.3 is 0 Å². The largest absolute Gasteiger partial charge is 0.495 e. The van der Waals surface area contributed by atoms with Gasteiger partial charge in [0.15, 0.2) is 5.11 Å². The molecule has 7 nitrogen and oxygen atoms in total. The van der Waals surface area contributed by atoms with Gasteiger partial charge in [-0.1, -0.05) is 35.9 Å². The Balaban J connectivity index is 1.50. The number of nitrogens with one attached hydrogen (secondary N) is 2. The second-order valence-electron chi connectivity index (χ2n) is 10.7. The predicted molar refractivity (Wildman–Crippen MR) is 168 cm³/mol. The van der Waals surface area contributed by atoms with Gasteiger partial charge in [0.2, 0.25) is 5.91 Å². The molecule has 1 aliphatic heterocycles. The molecule has 0 spiro atoms. The van der Waals surface area contributed by atoms with E-state index in [9.17, 15) is 4.79 Å². The van der Waals surface area contributed by atoms with Crippen molar-refractivity contribution < 1.29 is 9.53 Å². The van der Waals surface area contributed by atoms with E-state index < -0.39 is 0 Å². The molecule has 212 valence electrons. The van der Waals surface area contributed by atoms with Crippen molar-refractivity contribution in [1.82, 2.24) is 19.8 Å². The molecule has 4 aromatic rings. The van der Waals surface area contributed by atoms with E-state index in [1.165, 1.54) is 22.4 Å². The number of para-hydroxylation sites is 2. The molecule has 0 unspecified atom stereocenters. The first-order valence-electron chi connectivity index (χ1n) is 13.9. The van der Waals surface area contributed by atoms with Crippen LogP contribution in [0, 0.1) is 34.6 Å². The van der Waals surface area contributed by atoms with Crippen LogP contribution in [0.2, 0.25) is 0 Å². The summed E-state index contributed by atoms with van der Waals surface area (Å²) < 4.78 is 7.75. The van der Waals surface area contributed by atoms with Gasteiger partial charge < -0.3 is 24.8 Å². The van der Waals surface area contributed by atoms with E-state index in [-0.39, 0.29) is 24.4 Å². The van der Waals surface area contributed by atoms with Gasteiger partial charge in [-0.25, -0.2) is 0 Å². The number of carbonyl (C=O) groups is 1. The molecular weight excluding hydrogens is 530 g/mol.